The van der Waals surface area contributed by atoms with Crippen molar-refractivity contribution in [2.45, 2.75) is 44.1 Å². The van der Waals surface area contributed by atoms with Gasteiger partial charge in [0.1, 0.15) is 16.5 Å². The molecule has 0 atom stereocenters. The fourth-order valence-electron chi connectivity index (χ4n) is 3.22. The zero-order valence-electron chi connectivity index (χ0n) is 19.4. The highest BCUT2D eigenvalue weighted by molar-refractivity contribution is 7.87. The maximum absolute atomic E-state index is 13.2. The van der Waals surface area contributed by atoms with Gasteiger partial charge in [-0.25, -0.2) is 9.18 Å². The van der Waals surface area contributed by atoms with Crippen molar-refractivity contribution in [3.63, 3.8) is 0 Å². The second-order valence-electron chi connectivity index (χ2n) is 8.29. The number of amides is 2. The van der Waals surface area contributed by atoms with E-state index in [-0.39, 0.29) is 30.9 Å². The highest BCUT2D eigenvalue weighted by atomic mass is 32.2. The summed E-state index contributed by atoms with van der Waals surface area (Å²) in [6, 6.07) is 14.3. The maximum atomic E-state index is 13.2. The number of urea groups is 1. The first-order chi connectivity index (χ1) is 16.8. The van der Waals surface area contributed by atoms with Crippen molar-refractivity contribution >= 4 is 16.1 Å². The molecule has 2 amide bonds. The van der Waals surface area contributed by atoms with E-state index in [9.17, 15) is 30.8 Å². The van der Waals surface area contributed by atoms with Gasteiger partial charge in [0.2, 0.25) is 0 Å². The van der Waals surface area contributed by atoms with Crippen LogP contribution in [-0.2, 0) is 29.4 Å². The van der Waals surface area contributed by atoms with Crippen LogP contribution in [0.25, 0.3) is 0 Å². The van der Waals surface area contributed by atoms with Crippen molar-refractivity contribution in [3.8, 4) is 5.75 Å². The molecule has 3 aromatic carbocycles. The number of carbonyl (C=O) groups is 1. The van der Waals surface area contributed by atoms with Crippen LogP contribution >= 0.6 is 0 Å². The minimum absolute atomic E-state index is 0.104. The summed E-state index contributed by atoms with van der Waals surface area (Å²) in [6.45, 7) is 3.97. The molecule has 1 N–H and O–H groups in total. The first-order valence-electron chi connectivity index (χ1n) is 10.8. The Morgan fingerprint density at radius 3 is 2.03 bits per heavy atom. The van der Waals surface area contributed by atoms with Crippen LogP contribution in [0, 0.1) is 5.82 Å². The lowest BCUT2D eigenvalue weighted by Gasteiger charge is -2.25. The SMILES string of the molecule is CC(C)NC(=O)N(Cc1ccc(F)cc1)Cc1ccc(OS(=O)(=O)c2cccc(C(F)(F)F)c2)cc1. The Morgan fingerprint density at radius 2 is 1.50 bits per heavy atom. The summed E-state index contributed by atoms with van der Waals surface area (Å²) in [5.41, 5.74) is 0.241. The van der Waals surface area contributed by atoms with Crippen LogP contribution in [0.3, 0.4) is 0 Å². The van der Waals surface area contributed by atoms with Gasteiger partial charge in [-0.2, -0.15) is 21.6 Å². The Kier molecular flexibility index (Phi) is 8.24. The summed E-state index contributed by atoms with van der Waals surface area (Å²) in [5, 5.41) is 2.80. The molecule has 3 rings (SSSR count). The summed E-state index contributed by atoms with van der Waals surface area (Å²) in [6.07, 6.45) is -4.70. The second-order valence-corrected chi connectivity index (χ2v) is 9.84. The quantitative estimate of drug-likeness (QED) is 0.302. The zero-order valence-corrected chi connectivity index (χ0v) is 20.2. The topological polar surface area (TPSA) is 75.7 Å². The Morgan fingerprint density at radius 1 is 0.944 bits per heavy atom. The van der Waals surface area contributed by atoms with Crippen molar-refractivity contribution in [2.75, 3.05) is 0 Å². The fraction of sp³-hybridized carbons (Fsp3) is 0.240. The van der Waals surface area contributed by atoms with Gasteiger partial charge in [-0.1, -0.05) is 30.3 Å². The summed E-state index contributed by atoms with van der Waals surface area (Å²) in [4.78, 5) is 13.6. The van der Waals surface area contributed by atoms with E-state index in [0.717, 1.165) is 18.2 Å². The number of benzene rings is 3. The molecule has 36 heavy (non-hydrogen) atoms. The van der Waals surface area contributed by atoms with Crippen LogP contribution in [0.2, 0.25) is 0 Å². The largest absolute Gasteiger partial charge is 0.416 e. The van der Waals surface area contributed by atoms with E-state index in [4.69, 9.17) is 4.18 Å². The zero-order chi connectivity index (χ0) is 26.5. The molecule has 0 aliphatic heterocycles. The molecule has 0 spiro atoms. The fourth-order valence-corrected chi connectivity index (χ4v) is 4.20. The lowest BCUT2D eigenvalue weighted by molar-refractivity contribution is -0.137. The number of rotatable bonds is 8. The highest BCUT2D eigenvalue weighted by Crippen LogP contribution is 2.31. The third-order valence-electron chi connectivity index (χ3n) is 4.94. The van der Waals surface area contributed by atoms with E-state index in [1.54, 1.807) is 12.1 Å². The number of nitrogens with one attached hydrogen (secondary N) is 1. The standard InChI is InChI=1S/C25H24F4N2O4S/c1-17(2)30-24(32)31(15-18-6-10-21(26)11-7-18)16-19-8-12-22(13-9-19)35-36(33,34)23-5-3-4-20(14-23)25(27,28)29/h3-14,17H,15-16H2,1-2H3,(H,30,32). The predicted molar refractivity (Wildman–Crippen MR) is 125 cm³/mol. The molecule has 0 unspecified atom stereocenters. The average Bonchev–Trinajstić information content (AvgIpc) is 2.80. The molecular weight excluding hydrogens is 500 g/mol. The minimum Gasteiger partial charge on any atom is -0.379 e. The predicted octanol–water partition coefficient (Wildman–Crippen LogP) is 5.73. The van der Waals surface area contributed by atoms with Gasteiger partial charge in [-0.05, 0) is 67.4 Å². The van der Waals surface area contributed by atoms with Gasteiger partial charge in [-0.3, -0.25) is 0 Å². The number of alkyl halides is 3. The van der Waals surface area contributed by atoms with Gasteiger partial charge >= 0.3 is 22.3 Å². The molecule has 0 aliphatic carbocycles. The number of hydrogen-bond acceptors (Lipinski definition) is 4. The summed E-state index contributed by atoms with van der Waals surface area (Å²) >= 11 is 0. The Labute approximate surface area is 206 Å². The molecule has 0 bridgehead atoms. The van der Waals surface area contributed by atoms with Crippen molar-refractivity contribution in [3.05, 3.63) is 95.3 Å². The highest BCUT2D eigenvalue weighted by Gasteiger charge is 2.32. The molecule has 0 saturated carbocycles. The van der Waals surface area contributed by atoms with Gasteiger partial charge in [0.25, 0.3) is 0 Å². The molecule has 0 radical (unpaired) electrons. The number of hydrogen-bond donors (Lipinski definition) is 1. The third-order valence-corrected chi connectivity index (χ3v) is 6.18. The Balaban J connectivity index is 1.75. The lowest BCUT2D eigenvalue weighted by Crippen LogP contribution is -2.42. The summed E-state index contributed by atoms with van der Waals surface area (Å²) in [5.74, 6) is -0.500. The number of halogens is 4. The molecule has 0 aromatic heterocycles. The van der Waals surface area contributed by atoms with Gasteiger partial charge in [0.15, 0.2) is 0 Å². The van der Waals surface area contributed by atoms with Crippen molar-refractivity contribution < 1.29 is 35.0 Å². The van der Waals surface area contributed by atoms with E-state index in [1.165, 1.54) is 41.3 Å². The minimum atomic E-state index is -4.70. The Bertz CT molecular complexity index is 1290. The van der Waals surface area contributed by atoms with Crippen LogP contribution < -0.4 is 9.50 Å². The average molecular weight is 525 g/mol. The molecule has 3 aromatic rings. The first kappa shape index (κ1) is 27.0. The van der Waals surface area contributed by atoms with E-state index in [1.807, 2.05) is 13.8 Å². The van der Waals surface area contributed by atoms with E-state index in [2.05, 4.69) is 5.32 Å². The van der Waals surface area contributed by atoms with Crippen LogP contribution in [0.1, 0.15) is 30.5 Å². The first-order valence-corrected chi connectivity index (χ1v) is 12.2. The van der Waals surface area contributed by atoms with Gasteiger partial charge in [-0.15, -0.1) is 0 Å². The van der Waals surface area contributed by atoms with E-state index >= 15 is 0 Å². The van der Waals surface area contributed by atoms with Crippen LogP contribution in [0.15, 0.2) is 77.7 Å². The molecule has 0 saturated heterocycles. The van der Waals surface area contributed by atoms with Gasteiger partial charge in [0, 0.05) is 19.1 Å². The molecule has 0 heterocycles. The van der Waals surface area contributed by atoms with Crippen LogP contribution in [0.5, 0.6) is 5.75 Å². The van der Waals surface area contributed by atoms with Crippen molar-refractivity contribution in [2.24, 2.45) is 0 Å². The van der Waals surface area contributed by atoms with Crippen molar-refractivity contribution in [1.29, 1.82) is 0 Å². The number of nitrogens with zero attached hydrogens (tertiary/aromatic N) is 1. The molecule has 0 fully saturated rings. The smallest absolute Gasteiger partial charge is 0.379 e. The van der Waals surface area contributed by atoms with Gasteiger partial charge in [0.05, 0.1) is 5.56 Å². The monoisotopic (exact) mass is 524 g/mol. The maximum Gasteiger partial charge on any atom is 0.416 e. The van der Waals surface area contributed by atoms with Crippen LogP contribution in [-0.4, -0.2) is 25.4 Å². The Hall–Kier alpha value is -3.60. The second kappa shape index (κ2) is 11.0. The van der Waals surface area contributed by atoms with Crippen molar-refractivity contribution in [1.82, 2.24) is 10.2 Å². The molecule has 0 aliphatic rings. The summed E-state index contributed by atoms with van der Waals surface area (Å²) in [7, 11) is -4.51. The van der Waals surface area contributed by atoms with E-state index in [0.29, 0.717) is 17.2 Å². The van der Waals surface area contributed by atoms with Gasteiger partial charge < -0.3 is 14.4 Å². The van der Waals surface area contributed by atoms with Crippen LogP contribution in [0.4, 0.5) is 22.4 Å². The normalized spacial score (nSPS) is 11.9. The number of carbonyl (C=O) groups excluding carboxylic acids is 1. The lowest BCUT2D eigenvalue weighted by atomic mass is 10.1. The molecular formula is C25H24F4N2O4S. The van der Waals surface area contributed by atoms with E-state index < -0.39 is 32.6 Å². The molecule has 192 valence electrons. The molecule has 6 nitrogen and oxygen atoms in total. The third kappa shape index (κ3) is 7.45. The molecule has 11 heteroatoms. The summed E-state index contributed by atoms with van der Waals surface area (Å²) < 4.78 is 82.0.